The van der Waals surface area contributed by atoms with Gasteiger partial charge < -0.3 is 5.32 Å². The van der Waals surface area contributed by atoms with Gasteiger partial charge in [0.15, 0.2) is 0 Å². The first-order valence-electron chi connectivity index (χ1n) is 4.28. The number of carbonyl (C=O) groups excluding carboxylic acids is 1. The van der Waals surface area contributed by atoms with Crippen molar-refractivity contribution in [3.8, 4) is 0 Å². The van der Waals surface area contributed by atoms with Crippen LogP contribution >= 0.6 is 15.9 Å². The summed E-state index contributed by atoms with van der Waals surface area (Å²) in [6.45, 7) is 0.609. The van der Waals surface area contributed by atoms with Gasteiger partial charge in [0.05, 0.1) is 0 Å². The zero-order valence-corrected chi connectivity index (χ0v) is 9.44. The van der Waals surface area contributed by atoms with Crippen molar-refractivity contribution in [2.45, 2.75) is 0 Å². The number of hydrogen-bond donors (Lipinski definition) is 1. The molecule has 0 saturated heterocycles. The molecule has 1 rings (SSSR count). The Bertz CT molecular complexity index is 384. The molecule has 0 heterocycles. The van der Waals surface area contributed by atoms with Gasteiger partial charge in [-0.15, -0.1) is 0 Å². The maximum absolute atomic E-state index is 11.5. The minimum atomic E-state index is -0.171. The van der Waals surface area contributed by atoms with E-state index in [1.807, 2.05) is 0 Å². The van der Waals surface area contributed by atoms with E-state index in [0.717, 1.165) is 4.47 Å². The second-order valence-electron chi connectivity index (χ2n) is 2.72. The smallest absolute Gasteiger partial charge is 0.251 e. The summed E-state index contributed by atoms with van der Waals surface area (Å²) in [7, 11) is 0. The second-order valence-corrected chi connectivity index (χ2v) is 3.63. The van der Waals surface area contributed by atoms with Crippen molar-refractivity contribution in [1.29, 1.82) is 0 Å². The molecule has 0 spiro atoms. The van der Waals surface area contributed by atoms with Crippen molar-refractivity contribution in [1.82, 2.24) is 5.32 Å². The average molecular weight is 269 g/mol. The Morgan fingerprint density at radius 1 is 1.47 bits per heavy atom. The molecule has 0 radical (unpaired) electrons. The lowest BCUT2D eigenvalue weighted by Crippen LogP contribution is -2.25. The van der Waals surface area contributed by atoms with Gasteiger partial charge in [-0.25, -0.2) is 0 Å². The van der Waals surface area contributed by atoms with Gasteiger partial charge in [-0.05, 0) is 29.8 Å². The van der Waals surface area contributed by atoms with Gasteiger partial charge in [0.1, 0.15) is 0 Å². The minimum absolute atomic E-state index is 0.171. The van der Waals surface area contributed by atoms with E-state index in [4.69, 9.17) is 5.53 Å². The van der Waals surface area contributed by atoms with Crippen molar-refractivity contribution in [2.75, 3.05) is 13.1 Å². The van der Waals surface area contributed by atoms with Gasteiger partial charge >= 0.3 is 0 Å². The van der Waals surface area contributed by atoms with Crippen LogP contribution in [0.25, 0.3) is 10.4 Å². The summed E-state index contributed by atoms with van der Waals surface area (Å²) in [5.74, 6) is -0.171. The van der Waals surface area contributed by atoms with Gasteiger partial charge in [0, 0.05) is 28.0 Å². The number of halogens is 1. The van der Waals surface area contributed by atoms with Crippen LogP contribution in [0.15, 0.2) is 33.9 Å². The molecule has 5 nitrogen and oxygen atoms in total. The molecule has 0 aliphatic rings. The number of rotatable bonds is 4. The van der Waals surface area contributed by atoms with Gasteiger partial charge in [-0.3, -0.25) is 4.79 Å². The van der Waals surface area contributed by atoms with Crippen molar-refractivity contribution in [2.24, 2.45) is 5.11 Å². The number of nitrogens with zero attached hydrogens (tertiary/aromatic N) is 3. The maximum Gasteiger partial charge on any atom is 0.251 e. The fraction of sp³-hybridized carbons (Fsp3) is 0.222. The fourth-order valence-corrected chi connectivity index (χ4v) is 1.23. The zero-order chi connectivity index (χ0) is 11.1. The normalized spacial score (nSPS) is 9.13. The van der Waals surface area contributed by atoms with Gasteiger partial charge in [-0.2, -0.15) is 0 Å². The van der Waals surface area contributed by atoms with E-state index >= 15 is 0 Å². The van der Waals surface area contributed by atoms with Crippen LogP contribution in [0.3, 0.4) is 0 Å². The lowest BCUT2D eigenvalue weighted by atomic mass is 10.2. The van der Waals surface area contributed by atoms with Crippen LogP contribution in [-0.4, -0.2) is 19.0 Å². The number of amides is 1. The minimum Gasteiger partial charge on any atom is -0.352 e. The van der Waals surface area contributed by atoms with Gasteiger partial charge in [0.2, 0.25) is 0 Å². The molecule has 0 aliphatic carbocycles. The maximum atomic E-state index is 11.5. The molecule has 0 saturated carbocycles. The summed E-state index contributed by atoms with van der Waals surface area (Å²) in [6.07, 6.45) is 0. The van der Waals surface area contributed by atoms with E-state index in [2.05, 4.69) is 31.3 Å². The van der Waals surface area contributed by atoms with Crippen LogP contribution in [-0.2, 0) is 0 Å². The Labute approximate surface area is 95.2 Å². The highest BCUT2D eigenvalue weighted by Gasteiger charge is 2.02. The Morgan fingerprint density at radius 2 is 2.13 bits per heavy atom. The second kappa shape index (κ2) is 6.06. The first kappa shape index (κ1) is 11.6. The molecule has 1 aromatic rings. The third kappa shape index (κ3) is 4.01. The van der Waals surface area contributed by atoms with Crippen LogP contribution in [0.5, 0.6) is 0 Å². The predicted molar refractivity (Wildman–Crippen MR) is 60.5 cm³/mol. The monoisotopic (exact) mass is 268 g/mol. The largest absolute Gasteiger partial charge is 0.352 e. The highest BCUT2D eigenvalue weighted by Crippen LogP contribution is 2.10. The summed E-state index contributed by atoms with van der Waals surface area (Å²) >= 11 is 3.28. The summed E-state index contributed by atoms with van der Waals surface area (Å²) < 4.78 is 0.924. The number of carbonyl (C=O) groups is 1. The van der Waals surface area contributed by atoms with Crippen molar-refractivity contribution in [3.05, 3.63) is 44.7 Å². The SMILES string of the molecule is [N-]=[N+]=NCCNC(=O)c1ccc(Br)cc1. The molecular weight excluding hydrogens is 260 g/mol. The van der Waals surface area contributed by atoms with Crippen LogP contribution in [0.1, 0.15) is 10.4 Å². The quantitative estimate of drug-likeness (QED) is 0.387. The molecule has 78 valence electrons. The zero-order valence-electron chi connectivity index (χ0n) is 7.85. The van der Waals surface area contributed by atoms with Gasteiger partial charge in [-0.1, -0.05) is 21.0 Å². The first-order valence-corrected chi connectivity index (χ1v) is 5.08. The molecule has 0 aromatic heterocycles. The summed E-state index contributed by atoms with van der Waals surface area (Å²) in [6, 6.07) is 7.02. The summed E-state index contributed by atoms with van der Waals surface area (Å²) in [4.78, 5) is 14.0. The third-order valence-corrected chi connectivity index (χ3v) is 2.20. The third-order valence-electron chi connectivity index (χ3n) is 1.67. The molecule has 1 aromatic carbocycles. The van der Waals surface area contributed by atoms with E-state index in [0.29, 0.717) is 12.1 Å². The Kier molecular flexibility index (Phi) is 4.66. The van der Waals surface area contributed by atoms with E-state index < -0.39 is 0 Å². The molecule has 0 unspecified atom stereocenters. The van der Waals surface area contributed by atoms with Crippen molar-refractivity contribution < 1.29 is 4.79 Å². The summed E-state index contributed by atoms with van der Waals surface area (Å²) in [5.41, 5.74) is 8.60. The van der Waals surface area contributed by atoms with Crippen LogP contribution < -0.4 is 5.32 Å². The summed E-state index contributed by atoms with van der Waals surface area (Å²) in [5, 5.41) is 5.94. The van der Waals surface area contributed by atoms with Crippen molar-refractivity contribution >= 4 is 21.8 Å². The van der Waals surface area contributed by atoms with E-state index in [1.165, 1.54) is 0 Å². The number of azide groups is 1. The molecular formula is C9H9BrN4O. The molecule has 1 N–H and O–H groups in total. The number of nitrogens with one attached hydrogen (secondary N) is 1. The lowest BCUT2D eigenvalue weighted by molar-refractivity contribution is 0.0955. The Balaban J connectivity index is 2.46. The molecule has 1 amide bonds. The predicted octanol–water partition coefficient (Wildman–Crippen LogP) is 2.49. The Morgan fingerprint density at radius 3 is 2.73 bits per heavy atom. The molecule has 0 fully saturated rings. The highest BCUT2D eigenvalue weighted by molar-refractivity contribution is 9.10. The van der Waals surface area contributed by atoms with E-state index in [1.54, 1.807) is 24.3 Å². The first-order chi connectivity index (χ1) is 7.24. The molecule has 0 aliphatic heterocycles. The van der Waals surface area contributed by atoms with Crippen LogP contribution in [0.2, 0.25) is 0 Å². The molecule has 0 bridgehead atoms. The molecule has 6 heteroatoms. The van der Waals surface area contributed by atoms with Crippen molar-refractivity contribution in [3.63, 3.8) is 0 Å². The molecule has 0 atom stereocenters. The average Bonchev–Trinajstić information content (AvgIpc) is 2.25. The number of hydrogen-bond acceptors (Lipinski definition) is 2. The standard InChI is InChI=1S/C9H9BrN4O/c10-8-3-1-7(2-4-8)9(15)12-5-6-13-14-11/h1-4H,5-6H2,(H,12,15). The number of benzene rings is 1. The highest BCUT2D eigenvalue weighted by atomic mass is 79.9. The Hall–Kier alpha value is -1.52. The topological polar surface area (TPSA) is 77.9 Å². The molecule has 15 heavy (non-hydrogen) atoms. The van der Waals surface area contributed by atoms with Gasteiger partial charge in [0.25, 0.3) is 5.91 Å². The van der Waals surface area contributed by atoms with E-state index in [9.17, 15) is 4.79 Å². The van der Waals surface area contributed by atoms with Crippen LogP contribution in [0, 0.1) is 0 Å². The lowest BCUT2D eigenvalue weighted by Gasteiger charge is -2.02. The van der Waals surface area contributed by atoms with E-state index in [-0.39, 0.29) is 12.5 Å². The van der Waals surface area contributed by atoms with Crippen LogP contribution in [0.4, 0.5) is 0 Å². The fourth-order valence-electron chi connectivity index (χ4n) is 0.967.